The second-order valence-electron chi connectivity index (χ2n) is 7.07. The zero-order chi connectivity index (χ0) is 19.5. The fourth-order valence-electron chi connectivity index (χ4n) is 3.29. The quantitative estimate of drug-likeness (QED) is 0.552. The molecule has 2 rings (SSSR count). The highest BCUT2D eigenvalue weighted by atomic mass is 35.5. The number of alkyl halides is 6. The third-order valence-corrected chi connectivity index (χ3v) is 4.65. The summed E-state index contributed by atoms with van der Waals surface area (Å²) in [5.74, 6) is 0.251. The van der Waals surface area contributed by atoms with Crippen molar-refractivity contribution in [2.45, 2.75) is 45.1 Å². The third-order valence-electron chi connectivity index (χ3n) is 4.65. The molecule has 0 radical (unpaired) electrons. The van der Waals surface area contributed by atoms with Crippen LogP contribution in [0.5, 0.6) is 0 Å². The summed E-state index contributed by atoms with van der Waals surface area (Å²) in [6.45, 7) is 6.14. The lowest BCUT2D eigenvalue weighted by molar-refractivity contribution is -0.142. The predicted molar refractivity (Wildman–Crippen MR) is 102 cm³/mol. The maximum atomic E-state index is 13.5. The van der Waals surface area contributed by atoms with Crippen LogP contribution >= 0.6 is 24.8 Å². The van der Waals surface area contributed by atoms with E-state index in [4.69, 9.17) is 0 Å². The van der Waals surface area contributed by atoms with Crippen LogP contribution in [-0.2, 0) is 12.4 Å². The molecule has 0 aromatic heterocycles. The van der Waals surface area contributed by atoms with Crippen LogP contribution in [0.3, 0.4) is 0 Å². The second kappa shape index (κ2) is 10.9. The highest BCUT2D eigenvalue weighted by Gasteiger charge is 2.39. The molecule has 1 aromatic rings. The SMILES string of the molecule is CC(C)CC[C@H](c1cc(C(F)(F)F)ccc1C(F)(F)F)N1CCNCC1.Cl.Cl. The van der Waals surface area contributed by atoms with Crippen LogP contribution in [0, 0.1) is 5.92 Å². The normalized spacial score (nSPS) is 17.0. The summed E-state index contributed by atoms with van der Waals surface area (Å²) < 4.78 is 79.8. The maximum Gasteiger partial charge on any atom is 0.416 e. The molecule has 0 spiro atoms. The van der Waals surface area contributed by atoms with E-state index in [1.54, 1.807) is 0 Å². The zero-order valence-electron chi connectivity index (χ0n) is 15.7. The van der Waals surface area contributed by atoms with Crippen molar-refractivity contribution in [2.24, 2.45) is 5.92 Å². The minimum Gasteiger partial charge on any atom is -0.314 e. The first-order chi connectivity index (χ1) is 12.0. The number of nitrogens with one attached hydrogen (secondary N) is 1. The van der Waals surface area contributed by atoms with Gasteiger partial charge in [0.2, 0.25) is 0 Å². The Morgan fingerprint density at radius 1 is 0.929 bits per heavy atom. The highest BCUT2D eigenvalue weighted by molar-refractivity contribution is 5.85. The van der Waals surface area contributed by atoms with Crippen LogP contribution in [0.4, 0.5) is 26.3 Å². The summed E-state index contributed by atoms with van der Waals surface area (Å²) in [7, 11) is 0. The summed E-state index contributed by atoms with van der Waals surface area (Å²) in [6.07, 6.45) is -8.33. The lowest BCUT2D eigenvalue weighted by Gasteiger charge is -2.37. The lowest BCUT2D eigenvalue weighted by atomic mass is 9.90. The fourth-order valence-corrected chi connectivity index (χ4v) is 3.29. The van der Waals surface area contributed by atoms with Gasteiger partial charge in [-0.2, -0.15) is 26.3 Å². The first kappa shape index (κ1) is 27.3. The van der Waals surface area contributed by atoms with Gasteiger partial charge < -0.3 is 5.32 Å². The molecule has 1 aliphatic heterocycles. The molecule has 10 heteroatoms. The van der Waals surface area contributed by atoms with Gasteiger partial charge in [0, 0.05) is 32.2 Å². The number of hydrogen-bond donors (Lipinski definition) is 1. The van der Waals surface area contributed by atoms with E-state index >= 15 is 0 Å². The predicted octanol–water partition coefficient (Wildman–Crippen LogP) is 5.95. The Morgan fingerprint density at radius 3 is 1.96 bits per heavy atom. The Morgan fingerprint density at radius 2 is 1.50 bits per heavy atom. The van der Waals surface area contributed by atoms with Crippen LogP contribution in [0.2, 0.25) is 0 Å². The molecule has 1 aliphatic rings. The average Bonchev–Trinajstić information content (AvgIpc) is 2.54. The highest BCUT2D eigenvalue weighted by Crippen LogP contribution is 2.41. The van der Waals surface area contributed by atoms with Crippen molar-refractivity contribution < 1.29 is 26.3 Å². The number of benzene rings is 1. The van der Waals surface area contributed by atoms with Gasteiger partial charge in [-0.3, -0.25) is 4.90 Å². The molecule has 164 valence electrons. The summed E-state index contributed by atoms with van der Waals surface area (Å²) in [5.41, 5.74) is -2.28. The van der Waals surface area contributed by atoms with Gasteiger partial charge >= 0.3 is 12.4 Å². The van der Waals surface area contributed by atoms with Crippen LogP contribution in [0.25, 0.3) is 0 Å². The van der Waals surface area contributed by atoms with Gasteiger partial charge in [-0.1, -0.05) is 13.8 Å². The van der Waals surface area contributed by atoms with Crippen LogP contribution in [0.15, 0.2) is 18.2 Å². The summed E-state index contributed by atoms with van der Waals surface area (Å²) >= 11 is 0. The molecular formula is C18H26Cl2F6N2. The second-order valence-corrected chi connectivity index (χ2v) is 7.07. The van der Waals surface area contributed by atoms with Gasteiger partial charge in [0.1, 0.15) is 0 Å². The minimum atomic E-state index is -4.69. The van der Waals surface area contributed by atoms with Crippen molar-refractivity contribution in [1.82, 2.24) is 10.2 Å². The van der Waals surface area contributed by atoms with Gasteiger partial charge in [-0.25, -0.2) is 0 Å². The Hall–Kier alpha value is -0.700. The van der Waals surface area contributed by atoms with Crippen molar-refractivity contribution in [1.29, 1.82) is 0 Å². The van der Waals surface area contributed by atoms with E-state index in [0.717, 1.165) is 0 Å². The first-order valence-corrected chi connectivity index (χ1v) is 8.73. The standard InChI is InChI=1S/C18H24F6N2.2ClH/c1-12(2)3-6-16(26-9-7-25-8-10-26)14-11-13(17(19,20)21)4-5-15(14)18(22,23)24;;/h4-5,11-12,16,25H,3,6-10H2,1-2H3;2*1H/t16-;;/m1../s1. The Bertz CT molecular complexity index is 599. The third kappa shape index (κ3) is 7.28. The maximum absolute atomic E-state index is 13.5. The molecule has 0 saturated carbocycles. The molecule has 1 heterocycles. The van der Waals surface area contributed by atoms with E-state index in [2.05, 4.69) is 5.32 Å². The average molecular weight is 455 g/mol. The number of hydrogen-bond acceptors (Lipinski definition) is 2. The van der Waals surface area contributed by atoms with E-state index in [0.29, 0.717) is 57.2 Å². The minimum absolute atomic E-state index is 0. The van der Waals surface area contributed by atoms with Gasteiger partial charge in [0.15, 0.2) is 0 Å². The molecule has 1 atom stereocenters. The van der Waals surface area contributed by atoms with E-state index in [9.17, 15) is 26.3 Å². The number of nitrogens with zero attached hydrogens (tertiary/aromatic N) is 1. The molecule has 1 N–H and O–H groups in total. The molecule has 1 saturated heterocycles. The van der Waals surface area contributed by atoms with E-state index in [1.165, 1.54) is 0 Å². The molecule has 2 nitrogen and oxygen atoms in total. The Labute approximate surface area is 173 Å². The lowest BCUT2D eigenvalue weighted by Crippen LogP contribution is -2.45. The van der Waals surface area contributed by atoms with Crippen molar-refractivity contribution in [2.75, 3.05) is 26.2 Å². The van der Waals surface area contributed by atoms with Crippen molar-refractivity contribution in [3.63, 3.8) is 0 Å². The Balaban J connectivity index is 0.00000364. The molecule has 28 heavy (non-hydrogen) atoms. The largest absolute Gasteiger partial charge is 0.416 e. The number of piperazine rings is 1. The van der Waals surface area contributed by atoms with Crippen molar-refractivity contribution in [3.05, 3.63) is 34.9 Å². The van der Waals surface area contributed by atoms with Crippen molar-refractivity contribution in [3.8, 4) is 0 Å². The molecule has 1 aromatic carbocycles. The van der Waals surface area contributed by atoms with E-state index < -0.39 is 29.5 Å². The fraction of sp³-hybridized carbons (Fsp3) is 0.667. The molecule has 0 bridgehead atoms. The number of halogens is 8. The molecular weight excluding hydrogens is 429 g/mol. The smallest absolute Gasteiger partial charge is 0.314 e. The molecule has 0 amide bonds. The molecule has 1 fully saturated rings. The molecule has 0 aliphatic carbocycles. The van der Waals surface area contributed by atoms with Crippen LogP contribution < -0.4 is 5.32 Å². The summed E-state index contributed by atoms with van der Waals surface area (Å²) in [5, 5.41) is 3.12. The topological polar surface area (TPSA) is 15.3 Å². The number of rotatable bonds is 5. The summed E-state index contributed by atoms with van der Waals surface area (Å²) in [6, 6.07) is 1.10. The Kier molecular flexibility index (Phi) is 10.6. The van der Waals surface area contributed by atoms with E-state index in [1.807, 2.05) is 18.7 Å². The van der Waals surface area contributed by atoms with Gasteiger partial charge in [0.25, 0.3) is 0 Å². The summed E-state index contributed by atoms with van der Waals surface area (Å²) in [4.78, 5) is 1.86. The van der Waals surface area contributed by atoms with Crippen LogP contribution in [0.1, 0.15) is 49.4 Å². The monoisotopic (exact) mass is 454 g/mol. The van der Waals surface area contributed by atoms with Gasteiger partial charge in [0.05, 0.1) is 11.1 Å². The van der Waals surface area contributed by atoms with Crippen molar-refractivity contribution >= 4 is 24.8 Å². The van der Waals surface area contributed by atoms with Gasteiger partial charge in [-0.15, -0.1) is 24.8 Å². The first-order valence-electron chi connectivity index (χ1n) is 8.73. The van der Waals surface area contributed by atoms with E-state index in [-0.39, 0.29) is 36.3 Å². The zero-order valence-corrected chi connectivity index (χ0v) is 17.3. The van der Waals surface area contributed by atoms with Gasteiger partial charge in [-0.05, 0) is 42.5 Å². The molecule has 0 unspecified atom stereocenters. The van der Waals surface area contributed by atoms with Crippen LogP contribution in [-0.4, -0.2) is 31.1 Å².